The maximum atomic E-state index is 2.77. The molecule has 4 aliphatic carbocycles. The van der Waals surface area contributed by atoms with E-state index in [-0.39, 0.29) is 56.0 Å². The molecular weight excluding hydrogens is 1070 g/mol. The maximum absolute atomic E-state index is 2.77. The lowest BCUT2D eigenvalue weighted by molar-refractivity contribution is 0.0602. The van der Waals surface area contributed by atoms with Crippen molar-refractivity contribution >= 4 is 92.4 Å². The van der Waals surface area contributed by atoms with Crippen molar-refractivity contribution in [3.8, 4) is 0 Å². The van der Waals surface area contributed by atoms with E-state index in [1.807, 2.05) is 11.3 Å². The Bertz CT molecular complexity index is 4270. The van der Waals surface area contributed by atoms with Crippen molar-refractivity contribution in [1.82, 2.24) is 0 Å². The molecule has 5 aliphatic rings. The van der Waals surface area contributed by atoms with E-state index in [0.717, 1.165) is 12.8 Å². The molecule has 0 bridgehead atoms. The van der Waals surface area contributed by atoms with Gasteiger partial charge in [0.2, 0.25) is 0 Å². The summed E-state index contributed by atoms with van der Waals surface area (Å²) in [5, 5.41) is 4.20. The van der Waals surface area contributed by atoms with Crippen LogP contribution in [0, 0.1) is 19.3 Å². The Balaban J connectivity index is 1.05. The SMILES string of the molecule is Cc1cc(C(C)(C)C)ccc1N(c1cc(C)c2c(c1)C1CC3(C)CCCCC3(C)c3cc(C(C)(C)C)cc(c31)B2c1sc2cc3c(cc2c1CCc1ccc2c(c1)C(C)(C)CCC2(C)C)C(C)(C)CCC3(C)C)c1ccc2c(c1)sc1ccccc12. The zero-order valence-corrected chi connectivity index (χ0v) is 57.3. The summed E-state index contributed by atoms with van der Waals surface area (Å²) in [7, 11) is 0. The zero-order chi connectivity index (χ0) is 60.8. The first-order chi connectivity index (χ1) is 40.4. The fourth-order valence-corrected chi connectivity index (χ4v) is 20.4. The maximum Gasteiger partial charge on any atom is 0.255 e. The lowest BCUT2D eigenvalue weighted by Crippen LogP contribution is -2.62. The van der Waals surface area contributed by atoms with Crippen LogP contribution in [0.2, 0.25) is 0 Å². The van der Waals surface area contributed by atoms with Gasteiger partial charge in [0.1, 0.15) is 0 Å². The van der Waals surface area contributed by atoms with E-state index in [4.69, 9.17) is 0 Å². The summed E-state index contributed by atoms with van der Waals surface area (Å²) in [6.07, 6.45) is 13.3. The predicted molar refractivity (Wildman–Crippen MR) is 379 cm³/mol. The fourth-order valence-electron chi connectivity index (χ4n) is 17.8. The van der Waals surface area contributed by atoms with Crippen molar-refractivity contribution in [2.24, 2.45) is 5.41 Å². The molecular formula is C82H96BNS2. The second-order valence-electron chi connectivity index (χ2n) is 33.5. The predicted octanol–water partition coefficient (Wildman–Crippen LogP) is 21.6. The standard InChI is InChI=1S/C82H96BNS2/c1-49-39-52(75(3,4)5)27-32-68(49)84(54-28-30-57-56-23-19-20-24-69(56)85-70(57)45-54)55-40-50(2)73-60(44-55)61-48-81(17)33-21-22-34-82(81,18)66-42-53(76(6,7)8)43-67(72(61)66)83(73)74-58(29-25-51-26-31-62-63(41-51)78(11,12)36-35-77(62,9)10)59-46-64-65(47-71(59)86-74)80(15,16)38-37-79(64,13)14/h19-20,23-24,26-28,30-32,39-47,61H,21-22,25,29,33-38,48H2,1-18H3. The molecule has 1 aliphatic heterocycles. The van der Waals surface area contributed by atoms with Gasteiger partial charge in [0.05, 0.1) is 0 Å². The van der Waals surface area contributed by atoms with Crippen molar-refractivity contribution in [2.45, 2.75) is 239 Å². The molecule has 1 nitrogen and oxygen atoms in total. The minimum Gasteiger partial charge on any atom is -0.310 e. The summed E-state index contributed by atoms with van der Waals surface area (Å²) >= 11 is 4.10. The minimum absolute atomic E-state index is 0.0198. The average molecular weight is 1170 g/mol. The normalized spacial score (nSPS) is 22.5. The van der Waals surface area contributed by atoms with Crippen molar-refractivity contribution in [2.75, 3.05) is 4.90 Å². The molecule has 0 N–H and O–H groups in total. The summed E-state index contributed by atoms with van der Waals surface area (Å²) in [6.45, 7) is 44.9. The average Bonchev–Trinajstić information content (AvgIpc) is 1.01. The van der Waals surface area contributed by atoms with Crippen LogP contribution in [-0.2, 0) is 50.7 Å². The Hall–Kier alpha value is -5.42. The number of rotatable bonds is 7. The van der Waals surface area contributed by atoms with Gasteiger partial charge in [-0.3, -0.25) is 0 Å². The first-order valence-electron chi connectivity index (χ1n) is 33.3. The van der Waals surface area contributed by atoms with Gasteiger partial charge in [0, 0.05) is 47.9 Å². The smallest absolute Gasteiger partial charge is 0.255 e. The van der Waals surface area contributed by atoms with Gasteiger partial charge in [-0.25, -0.2) is 0 Å². The Morgan fingerprint density at radius 2 is 1.14 bits per heavy atom. The molecule has 444 valence electrons. The Morgan fingerprint density at radius 1 is 0.500 bits per heavy atom. The topological polar surface area (TPSA) is 3.24 Å². The Morgan fingerprint density at radius 3 is 1.84 bits per heavy atom. The van der Waals surface area contributed by atoms with Crippen LogP contribution in [-0.4, -0.2) is 6.71 Å². The van der Waals surface area contributed by atoms with Gasteiger partial charge < -0.3 is 4.90 Å². The van der Waals surface area contributed by atoms with Crippen LogP contribution >= 0.6 is 22.7 Å². The van der Waals surface area contributed by atoms with Crippen molar-refractivity contribution < 1.29 is 0 Å². The van der Waals surface area contributed by atoms with Gasteiger partial charge in [0.15, 0.2) is 0 Å². The molecule has 9 aromatic rings. The number of nitrogens with zero attached hydrogens (tertiary/aromatic N) is 1. The van der Waals surface area contributed by atoms with E-state index < -0.39 is 0 Å². The molecule has 3 heterocycles. The van der Waals surface area contributed by atoms with Crippen LogP contribution in [0.3, 0.4) is 0 Å². The number of hydrogen-bond donors (Lipinski definition) is 0. The molecule has 14 rings (SSSR count). The molecule has 7 aromatic carbocycles. The van der Waals surface area contributed by atoms with E-state index in [0.29, 0.717) is 0 Å². The van der Waals surface area contributed by atoms with Gasteiger partial charge >= 0.3 is 0 Å². The van der Waals surface area contributed by atoms with Crippen molar-refractivity contribution in [1.29, 1.82) is 0 Å². The van der Waals surface area contributed by atoms with Crippen molar-refractivity contribution in [3.05, 3.63) is 188 Å². The quantitative estimate of drug-likeness (QED) is 0.144. The van der Waals surface area contributed by atoms with Crippen molar-refractivity contribution in [3.63, 3.8) is 0 Å². The molecule has 3 atom stereocenters. The highest BCUT2D eigenvalue weighted by atomic mass is 32.1. The largest absolute Gasteiger partial charge is 0.310 e. The van der Waals surface area contributed by atoms with E-state index in [1.165, 1.54) is 133 Å². The third kappa shape index (κ3) is 9.05. The summed E-state index contributed by atoms with van der Waals surface area (Å²) in [5.41, 5.74) is 27.6. The molecule has 4 heteroatoms. The van der Waals surface area contributed by atoms with E-state index in [9.17, 15) is 0 Å². The van der Waals surface area contributed by atoms with Crippen LogP contribution in [0.25, 0.3) is 30.3 Å². The van der Waals surface area contributed by atoms with Gasteiger partial charge in [0.25, 0.3) is 6.71 Å². The van der Waals surface area contributed by atoms with E-state index >= 15 is 0 Å². The Labute approximate surface area is 525 Å². The summed E-state index contributed by atoms with van der Waals surface area (Å²) in [4.78, 5) is 2.65. The highest BCUT2D eigenvalue weighted by molar-refractivity contribution is 7.32. The van der Waals surface area contributed by atoms with Crippen LogP contribution in [0.4, 0.5) is 17.1 Å². The monoisotopic (exact) mass is 1170 g/mol. The molecule has 2 aromatic heterocycles. The van der Waals surface area contributed by atoms with Crippen LogP contribution < -0.4 is 20.6 Å². The summed E-state index contributed by atoms with van der Waals surface area (Å²) in [6, 6.07) is 47.7. The van der Waals surface area contributed by atoms with Crippen LogP contribution in [0.1, 0.15) is 247 Å². The molecule has 0 spiro atoms. The number of benzene rings is 7. The molecule has 0 amide bonds. The first kappa shape index (κ1) is 58.3. The molecule has 3 unspecified atom stereocenters. The van der Waals surface area contributed by atoms with Gasteiger partial charge in [-0.15, -0.1) is 22.7 Å². The third-order valence-corrected chi connectivity index (χ3v) is 26.3. The summed E-state index contributed by atoms with van der Waals surface area (Å²) < 4.78 is 5.76. The summed E-state index contributed by atoms with van der Waals surface area (Å²) in [5.74, 6) is 0.279. The third-order valence-electron chi connectivity index (χ3n) is 23.9. The first-order valence-corrected chi connectivity index (χ1v) is 34.9. The van der Waals surface area contributed by atoms with Gasteiger partial charge in [-0.1, -0.05) is 207 Å². The number of aryl methyl sites for hydroxylation is 4. The second-order valence-corrected chi connectivity index (χ2v) is 35.6. The molecule has 86 heavy (non-hydrogen) atoms. The molecule has 1 saturated carbocycles. The second kappa shape index (κ2) is 19.5. The lowest BCUT2D eigenvalue weighted by Gasteiger charge is -2.58. The van der Waals surface area contributed by atoms with Crippen LogP contribution in [0.5, 0.6) is 0 Å². The highest BCUT2D eigenvalue weighted by Crippen LogP contribution is 2.63. The highest BCUT2D eigenvalue weighted by Gasteiger charge is 2.56. The van der Waals surface area contributed by atoms with E-state index in [2.05, 4.69) is 256 Å². The van der Waals surface area contributed by atoms with Gasteiger partial charge in [-0.2, -0.15) is 0 Å². The number of anilines is 3. The number of hydrogen-bond acceptors (Lipinski definition) is 3. The fraction of sp³-hybridized carbons (Fsp3) is 0.463. The molecule has 1 fully saturated rings. The molecule has 0 radical (unpaired) electrons. The van der Waals surface area contributed by atoms with Gasteiger partial charge in [-0.05, 0) is 240 Å². The molecule has 0 saturated heterocycles. The Kier molecular flexibility index (Phi) is 13.2. The lowest BCUT2D eigenvalue weighted by atomic mass is 9.31. The van der Waals surface area contributed by atoms with Crippen LogP contribution in [0.15, 0.2) is 115 Å². The number of fused-ring (bicyclic) bond motifs is 10. The number of thiophene rings is 2. The minimum atomic E-state index is -0.0198. The zero-order valence-electron chi connectivity index (χ0n) is 55.7. The van der Waals surface area contributed by atoms with E-state index in [1.54, 1.807) is 60.2 Å².